The van der Waals surface area contributed by atoms with Gasteiger partial charge in [0.15, 0.2) is 6.10 Å². The number of aryl methyl sites for hydroxylation is 1. The van der Waals surface area contributed by atoms with Crippen LogP contribution in [0.1, 0.15) is 28.7 Å². The Morgan fingerprint density at radius 1 is 1.14 bits per heavy atom. The first-order valence-electron chi connectivity index (χ1n) is 9.21. The quantitative estimate of drug-likeness (QED) is 0.657. The van der Waals surface area contributed by atoms with Crippen LogP contribution in [-0.4, -0.2) is 22.5 Å². The highest BCUT2D eigenvalue weighted by molar-refractivity contribution is 6.30. The van der Waals surface area contributed by atoms with Crippen LogP contribution in [0, 0.1) is 13.8 Å². The minimum Gasteiger partial charge on any atom is -0.479 e. The average Bonchev–Trinajstić information content (AvgIpc) is 2.98. The van der Waals surface area contributed by atoms with Gasteiger partial charge in [0, 0.05) is 27.8 Å². The summed E-state index contributed by atoms with van der Waals surface area (Å²) in [4.78, 5) is 24.7. The third-order valence-electron chi connectivity index (χ3n) is 4.93. The van der Waals surface area contributed by atoms with Gasteiger partial charge in [-0.1, -0.05) is 11.6 Å². The number of hydrogen-bond donors (Lipinski definition) is 2. The SMILES string of the molecule is Cc1cc(C(=O)Nc2ccc3c(c2)NC(=O)C(C)O3)c(C)n1-c1ccc(Cl)cc1. The number of hydrogen-bond acceptors (Lipinski definition) is 3. The summed E-state index contributed by atoms with van der Waals surface area (Å²) in [5.74, 6) is 0.137. The van der Waals surface area contributed by atoms with Gasteiger partial charge in [-0.25, -0.2) is 0 Å². The zero-order valence-electron chi connectivity index (χ0n) is 16.2. The molecule has 1 aliphatic heterocycles. The van der Waals surface area contributed by atoms with Crippen LogP contribution in [0.15, 0.2) is 48.5 Å². The molecule has 2 heterocycles. The molecule has 2 amide bonds. The van der Waals surface area contributed by atoms with Gasteiger partial charge in [-0.3, -0.25) is 9.59 Å². The van der Waals surface area contributed by atoms with Crippen molar-refractivity contribution in [1.82, 2.24) is 4.57 Å². The summed E-state index contributed by atoms with van der Waals surface area (Å²) in [5.41, 5.74) is 4.39. The number of aromatic nitrogens is 1. The molecule has 1 aromatic heterocycles. The predicted molar refractivity (Wildman–Crippen MR) is 113 cm³/mol. The van der Waals surface area contributed by atoms with E-state index in [9.17, 15) is 9.59 Å². The lowest BCUT2D eigenvalue weighted by atomic mass is 10.2. The number of nitrogens with zero attached hydrogens (tertiary/aromatic N) is 1. The van der Waals surface area contributed by atoms with Gasteiger partial charge in [-0.05, 0) is 69.3 Å². The van der Waals surface area contributed by atoms with Crippen LogP contribution >= 0.6 is 11.6 Å². The molecule has 0 aliphatic carbocycles. The van der Waals surface area contributed by atoms with E-state index in [2.05, 4.69) is 10.6 Å². The molecule has 1 unspecified atom stereocenters. The van der Waals surface area contributed by atoms with Gasteiger partial charge in [0.2, 0.25) is 0 Å². The van der Waals surface area contributed by atoms with Crippen molar-refractivity contribution in [1.29, 1.82) is 0 Å². The van der Waals surface area contributed by atoms with Gasteiger partial charge in [-0.15, -0.1) is 0 Å². The van der Waals surface area contributed by atoms with E-state index in [1.807, 2.05) is 48.7 Å². The molecule has 0 saturated carbocycles. The Balaban J connectivity index is 1.60. The Bertz CT molecular complexity index is 1120. The fourth-order valence-corrected chi connectivity index (χ4v) is 3.59. The van der Waals surface area contributed by atoms with Crippen LogP contribution in [-0.2, 0) is 4.79 Å². The highest BCUT2D eigenvalue weighted by Gasteiger charge is 2.24. The number of fused-ring (bicyclic) bond motifs is 1. The maximum atomic E-state index is 12.9. The van der Waals surface area contributed by atoms with Crippen molar-refractivity contribution >= 4 is 34.8 Å². The molecule has 0 radical (unpaired) electrons. The summed E-state index contributed by atoms with van der Waals surface area (Å²) in [5, 5.41) is 6.34. The van der Waals surface area contributed by atoms with E-state index in [0.717, 1.165) is 17.1 Å². The fourth-order valence-electron chi connectivity index (χ4n) is 3.47. The molecule has 148 valence electrons. The number of anilines is 2. The minimum atomic E-state index is -0.541. The number of carbonyl (C=O) groups excluding carboxylic acids is 2. The highest BCUT2D eigenvalue weighted by atomic mass is 35.5. The number of ether oxygens (including phenoxy) is 1. The monoisotopic (exact) mass is 409 g/mol. The van der Waals surface area contributed by atoms with E-state index >= 15 is 0 Å². The molecular formula is C22H20ClN3O3. The zero-order chi connectivity index (χ0) is 20.7. The van der Waals surface area contributed by atoms with Gasteiger partial charge < -0.3 is 19.9 Å². The van der Waals surface area contributed by atoms with Crippen molar-refractivity contribution in [2.75, 3.05) is 10.6 Å². The fraction of sp³-hybridized carbons (Fsp3) is 0.182. The van der Waals surface area contributed by atoms with Gasteiger partial charge in [0.25, 0.3) is 11.8 Å². The molecule has 6 nitrogen and oxygen atoms in total. The van der Waals surface area contributed by atoms with Crippen molar-refractivity contribution in [3.05, 3.63) is 70.5 Å². The number of nitrogens with one attached hydrogen (secondary N) is 2. The first-order chi connectivity index (χ1) is 13.8. The molecular weight excluding hydrogens is 390 g/mol. The molecule has 7 heteroatoms. The molecule has 29 heavy (non-hydrogen) atoms. The summed E-state index contributed by atoms with van der Waals surface area (Å²) >= 11 is 5.98. The molecule has 3 aromatic rings. The molecule has 2 aromatic carbocycles. The Hall–Kier alpha value is -3.25. The summed E-state index contributed by atoms with van der Waals surface area (Å²) in [7, 11) is 0. The number of rotatable bonds is 3. The third-order valence-corrected chi connectivity index (χ3v) is 5.18. The number of amides is 2. The second-order valence-electron chi connectivity index (χ2n) is 7.01. The predicted octanol–water partition coefficient (Wildman–Crippen LogP) is 4.72. The van der Waals surface area contributed by atoms with Crippen molar-refractivity contribution < 1.29 is 14.3 Å². The first kappa shape index (κ1) is 19.1. The maximum Gasteiger partial charge on any atom is 0.265 e. The van der Waals surface area contributed by atoms with Gasteiger partial charge in [-0.2, -0.15) is 0 Å². The molecule has 0 bridgehead atoms. The van der Waals surface area contributed by atoms with Crippen LogP contribution in [0.2, 0.25) is 5.02 Å². The van der Waals surface area contributed by atoms with Crippen LogP contribution in [0.4, 0.5) is 11.4 Å². The summed E-state index contributed by atoms with van der Waals surface area (Å²) in [6, 6.07) is 14.5. The average molecular weight is 410 g/mol. The van der Waals surface area contributed by atoms with E-state index in [1.165, 1.54) is 0 Å². The minimum absolute atomic E-state index is 0.215. The summed E-state index contributed by atoms with van der Waals surface area (Å²) in [6.07, 6.45) is -0.541. The summed E-state index contributed by atoms with van der Waals surface area (Å²) < 4.78 is 7.55. The largest absolute Gasteiger partial charge is 0.479 e. The smallest absolute Gasteiger partial charge is 0.265 e. The second kappa shape index (κ2) is 7.29. The molecule has 2 N–H and O–H groups in total. The Morgan fingerprint density at radius 3 is 2.59 bits per heavy atom. The van der Waals surface area contributed by atoms with Crippen molar-refractivity contribution in [2.24, 2.45) is 0 Å². The second-order valence-corrected chi connectivity index (χ2v) is 7.45. The van der Waals surface area contributed by atoms with Crippen LogP contribution in [0.5, 0.6) is 5.75 Å². The number of halogens is 1. The molecule has 0 saturated heterocycles. The van der Waals surface area contributed by atoms with Gasteiger partial charge >= 0.3 is 0 Å². The Kier molecular flexibility index (Phi) is 4.80. The molecule has 0 fully saturated rings. The van der Waals surface area contributed by atoms with Crippen LogP contribution in [0.25, 0.3) is 5.69 Å². The number of carbonyl (C=O) groups is 2. The van der Waals surface area contributed by atoms with Crippen LogP contribution < -0.4 is 15.4 Å². The normalized spacial score (nSPS) is 15.3. The zero-order valence-corrected chi connectivity index (χ0v) is 17.0. The number of benzene rings is 2. The van der Waals surface area contributed by atoms with E-state index < -0.39 is 6.10 Å². The first-order valence-corrected chi connectivity index (χ1v) is 9.59. The molecule has 1 atom stereocenters. The lowest BCUT2D eigenvalue weighted by molar-refractivity contribution is -0.122. The standard InChI is InChI=1S/C22H20ClN3O3/c1-12-10-18(13(2)26(12)17-7-4-15(23)5-8-17)22(28)24-16-6-9-20-19(11-16)25-21(27)14(3)29-20/h4-11,14H,1-3H3,(H,24,28)(H,25,27). The van der Waals surface area contributed by atoms with E-state index in [0.29, 0.717) is 27.7 Å². The molecule has 0 spiro atoms. The van der Waals surface area contributed by atoms with Gasteiger partial charge in [0.1, 0.15) is 5.75 Å². The molecule has 1 aliphatic rings. The van der Waals surface area contributed by atoms with E-state index in [-0.39, 0.29) is 11.8 Å². The van der Waals surface area contributed by atoms with Crippen molar-refractivity contribution in [3.8, 4) is 11.4 Å². The van der Waals surface area contributed by atoms with E-state index in [1.54, 1.807) is 25.1 Å². The van der Waals surface area contributed by atoms with Gasteiger partial charge in [0.05, 0.1) is 11.3 Å². The Morgan fingerprint density at radius 2 is 1.86 bits per heavy atom. The van der Waals surface area contributed by atoms with Crippen molar-refractivity contribution in [2.45, 2.75) is 26.9 Å². The topological polar surface area (TPSA) is 72.4 Å². The van der Waals surface area contributed by atoms with E-state index in [4.69, 9.17) is 16.3 Å². The highest BCUT2D eigenvalue weighted by Crippen LogP contribution is 2.32. The lowest BCUT2D eigenvalue weighted by Crippen LogP contribution is -2.34. The summed E-state index contributed by atoms with van der Waals surface area (Å²) in [6.45, 7) is 5.54. The lowest BCUT2D eigenvalue weighted by Gasteiger charge is -2.23. The third kappa shape index (κ3) is 3.59. The molecule has 4 rings (SSSR count). The Labute approximate surface area is 173 Å². The van der Waals surface area contributed by atoms with Crippen molar-refractivity contribution in [3.63, 3.8) is 0 Å². The van der Waals surface area contributed by atoms with Crippen LogP contribution in [0.3, 0.4) is 0 Å². The maximum absolute atomic E-state index is 12.9.